The van der Waals surface area contributed by atoms with Crippen LogP contribution < -0.4 is 5.32 Å². The van der Waals surface area contributed by atoms with Crippen molar-refractivity contribution in [3.05, 3.63) is 70.8 Å². The van der Waals surface area contributed by atoms with Gasteiger partial charge in [-0.2, -0.15) is 0 Å². The number of amides is 2. The van der Waals surface area contributed by atoms with E-state index in [1.54, 1.807) is 16.7 Å². The molecule has 0 spiro atoms. The molecule has 0 saturated heterocycles. The Morgan fingerprint density at radius 3 is 2.32 bits per heavy atom. The predicted molar refractivity (Wildman–Crippen MR) is 129 cm³/mol. The van der Waals surface area contributed by atoms with Gasteiger partial charge in [0, 0.05) is 18.3 Å². The fraction of sp³-hybridized carbons (Fsp3) is 0.462. The maximum absolute atomic E-state index is 13.2. The molecule has 2 amide bonds. The third-order valence-corrected chi connectivity index (χ3v) is 6.83. The van der Waals surface area contributed by atoms with Crippen molar-refractivity contribution in [3.63, 3.8) is 0 Å². The van der Waals surface area contributed by atoms with Crippen LogP contribution in [0.15, 0.2) is 48.5 Å². The van der Waals surface area contributed by atoms with Gasteiger partial charge < -0.3 is 10.2 Å². The Morgan fingerprint density at radius 1 is 1.03 bits per heavy atom. The number of aryl methyl sites for hydroxylation is 2. The zero-order valence-electron chi connectivity index (χ0n) is 18.9. The van der Waals surface area contributed by atoms with Gasteiger partial charge in [-0.3, -0.25) is 9.59 Å². The summed E-state index contributed by atoms with van der Waals surface area (Å²) in [7, 11) is 0. The van der Waals surface area contributed by atoms with Crippen LogP contribution in [-0.2, 0) is 21.9 Å². The van der Waals surface area contributed by atoms with Gasteiger partial charge in [0.05, 0.1) is 5.75 Å². The smallest absolute Gasteiger partial charge is 0.242 e. The minimum Gasteiger partial charge on any atom is -0.352 e. The summed E-state index contributed by atoms with van der Waals surface area (Å²) in [6, 6.07) is 16.2. The van der Waals surface area contributed by atoms with Crippen LogP contribution in [0.5, 0.6) is 0 Å². The number of carbonyl (C=O) groups is 2. The molecule has 1 unspecified atom stereocenters. The third-order valence-electron chi connectivity index (χ3n) is 5.84. The molecule has 0 radical (unpaired) electrons. The van der Waals surface area contributed by atoms with Crippen LogP contribution in [0.25, 0.3) is 0 Å². The van der Waals surface area contributed by atoms with E-state index in [2.05, 4.69) is 37.4 Å². The normalized spacial score (nSPS) is 14.9. The fourth-order valence-electron chi connectivity index (χ4n) is 4.25. The maximum atomic E-state index is 13.2. The predicted octanol–water partition coefficient (Wildman–Crippen LogP) is 5.01. The zero-order chi connectivity index (χ0) is 22.2. The first-order valence-corrected chi connectivity index (χ1v) is 12.4. The lowest BCUT2D eigenvalue weighted by Gasteiger charge is -2.29. The summed E-state index contributed by atoms with van der Waals surface area (Å²) < 4.78 is 0. The Labute approximate surface area is 190 Å². The number of nitrogens with one attached hydrogen (secondary N) is 1. The number of thioether (sulfide) groups is 1. The topological polar surface area (TPSA) is 49.4 Å². The minimum atomic E-state index is -0.491. The molecule has 0 bridgehead atoms. The summed E-state index contributed by atoms with van der Waals surface area (Å²) in [5, 5.41) is 3.15. The second kappa shape index (κ2) is 11.4. The van der Waals surface area contributed by atoms with Gasteiger partial charge in [0.15, 0.2) is 0 Å². The lowest BCUT2D eigenvalue weighted by atomic mass is 10.1. The standard InChI is InChI=1S/C26H34N2O2S/c1-19-13-20(2)15-23(14-19)17-31-18-25(29)28(16-22-9-5-4-6-10-22)21(3)26(30)27-24-11-7-8-12-24/h4-6,9-10,13-15,21,24H,7-8,11-12,16-18H2,1-3H3,(H,27,30). The molecule has 1 saturated carbocycles. The van der Waals surface area contributed by atoms with Crippen molar-refractivity contribution in [1.29, 1.82) is 0 Å². The van der Waals surface area contributed by atoms with Crippen molar-refractivity contribution < 1.29 is 9.59 Å². The molecule has 1 fully saturated rings. The van der Waals surface area contributed by atoms with Crippen molar-refractivity contribution in [2.24, 2.45) is 0 Å². The molecule has 31 heavy (non-hydrogen) atoms. The van der Waals surface area contributed by atoms with Crippen LogP contribution >= 0.6 is 11.8 Å². The molecule has 1 atom stereocenters. The van der Waals surface area contributed by atoms with Crippen LogP contribution in [0.2, 0.25) is 0 Å². The van der Waals surface area contributed by atoms with Gasteiger partial charge in [-0.05, 0) is 44.7 Å². The van der Waals surface area contributed by atoms with E-state index in [0.717, 1.165) is 24.2 Å². The Bertz CT molecular complexity index is 858. The SMILES string of the molecule is Cc1cc(C)cc(CSCC(=O)N(Cc2ccccc2)C(C)C(=O)NC2CCCC2)c1. The quantitative estimate of drug-likeness (QED) is 0.598. The van der Waals surface area contributed by atoms with E-state index in [1.165, 1.54) is 29.5 Å². The number of benzene rings is 2. The second-order valence-electron chi connectivity index (χ2n) is 8.66. The van der Waals surface area contributed by atoms with Crippen molar-refractivity contribution in [2.75, 3.05) is 5.75 Å². The molecule has 3 rings (SSSR count). The molecule has 1 N–H and O–H groups in total. The van der Waals surface area contributed by atoms with E-state index < -0.39 is 6.04 Å². The summed E-state index contributed by atoms with van der Waals surface area (Å²) in [6.45, 7) is 6.49. The molecule has 1 aliphatic rings. The average Bonchev–Trinajstić information content (AvgIpc) is 3.24. The number of carbonyl (C=O) groups excluding carboxylic acids is 2. The van der Waals surface area contributed by atoms with Gasteiger partial charge in [-0.15, -0.1) is 11.8 Å². The number of hydrogen-bond acceptors (Lipinski definition) is 3. The van der Waals surface area contributed by atoms with Crippen molar-refractivity contribution in [2.45, 2.75) is 70.8 Å². The number of nitrogens with zero attached hydrogens (tertiary/aromatic N) is 1. The molecule has 166 valence electrons. The minimum absolute atomic E-state index is 0.00676. The first-order chi connectivity index (χ1) is 14.9. The Kier molecular flexibility index (Phi) is 8.59. The first-order valence-electron chi connectivity index (χ1n) is 11.2. The van der Waals surface area contributed by atoms with Gasteiger partial charge in [0.1, 0.15) is 6.04 Å². The molecule has 0 aromatic heterocycles. The molecule has 0 heterocycles. The molecule has 4 nitrogen and oxygen atoms in total. The summed E-state index contributed by atoms with van der Waals surface area (Å²) in [6.07, 6.45) is 4.41. The summed E-state index contributed by atoms with van der Waals surface area (Å²) in [5.41, 5.74) is 4.75. The highest BCUT2D eigenvalue weighted by molar-refractivity contribution is 7.99. The highest BCUT2D eigenvalue weighted by Gasteiger charge is 2.28. The molecular weight excluding hydrogens is 404 g/mol. The van der Waals surface area contributed by atoms with Gasteiger partial charge in [-0.1, -0.05) is 72.5 Å². The van der Waals surface area contributed by atoms with E-state index in [0.29, 0.717) is 12.3 Å². The zero-order valence-corrected chi connectivity index (χ0v) is 19.7. The third kappa shape index (κ3) is 7.13. The van der Waals surface area contributed by atoms with Gasteiger partial charge in [0.2, 0.25) is 11.8 Å². The van der Waals surface area contributed by atoms with Crippen LogP contribution in [0, 0.1) is 13.8 Å². The van der Waals surface area contributed by atoms with E-state index in [-0.39, 0.29) is 17.9 Å². The molecular formula is C26H34N2O2S. The van der Waals surface area contributed by atoms with Crippen molar-refractivity contribution >= 4 is 23.6 Å². The number of rotatable bonds is 9. The lowest BCUT2D eigenvalue weighted by molar-refractivity contribution is -0.138. The Hall–Kier alpha value is -2.27. The van der Waals surface area contributed by atoms with E-state index in [4.69, 9.17) is 0 Å². The molecule has 5 heteroatoms. The van der Waals surface area contributed by atoms with Crippen molar-refractivity contribution in [1.82, 2.24) is 10.2 Å². The van der Waals surface area contributed by atoms with E-state index in [9.17, 15) is 9.59 Å². The summed E-state index contributed by atoms with van der Waals surface area (Å²) in [4.78, 5) is 27.8. The van der Waals surface area contributed by atoms with Crippen LogP contribution in [0.4, 0.5) is 0 Å². The molecule has 2 aromatic rings. The molecule has 2 aromatic carbocycles. The largest absolute Gasteiger partial charge is 0.352 e. The number of hydrogen-bond donors (Lipinski definition) is 1. The van der Waals surface area contributed by atoms with Crippen LogP contribution in [0.1, 0.15) is 54.9 Å². The van der Waals surface area contributed by atoms with Crippen LogP contribution in [-0.4, -0.2) is 34.6 Å². The van der Waals surface area contributed by atoms with Gasteiger partial charge in [-0.25, -0.2) is 0 Å². The highest BCUT2D eigenvalue weighted by Crippen LogP contribution is 2.20. The first kappa shape index (κ1) is 23.4. The average molecular weight is 439 g/mol. The fourth-order valence-corrected chi connectivity index (χ4v) is 5.09. The molecule has 0 aliphatic heterocycles. The Morgan fingerprint density at radius 2 is 1.68 bits per heavy atom. The second-order valence-corrected chi connectivity index (χ2v) is 9.65. The lowest BCUT2D eigenvalue weighted by Crippen LogP contribution is -2.50. The summed E-state index contributed by atoms with van der Waals surface area (Å²) >= 11 is 1.61. The van der Waals surface area contributed by atoms with Crippen molar-refractivity contribution in [3.8, 4) is 0 Å². The highest BCUT2D eigenvalue weighted by atomic mass is 32.2. The Balaban J connectivity index is 1.64. The van der Waals surface area contributed by atoms with E-state index in [1.807, 2.05) is 37.3 Å². The maximum Gasteiger partial charge on any atom is 0.242 e. The monoisotopic (exact) mass is 438 g/mol. The van der Waals surface area contributed by atoms with Crippen LogP contribution in [0.3, 0.4) is 0 Å². The van der Waals surface area contributed by atoms with Gasteiger partial charge in [0.25, 0.3) is 0 Å². The van der Waals surface area contributed by atoms with Gasteiger partial charge >= 0.3 is 0 Å². The molecule has 1 aliphatic carbocycles. The van der Waals surface area contributed by atoms with E-state index >= 15 is 0 Å². The summed E-state index contributed by atoms with van der Waals surface area (Å²) in [5.74, 6) is 1.11.